The number of hydrogen-bond acceptors (Lipinski definition) is 8. The molecule has 2 amide bonds. The van der Waals surface area contributed by atoms with Gasteiger partial charge in [0.15, 0.2) is 17.4 Å². The number of anilines is 1. The monoisotopic (exact) mass is 554 g/mol. The van der Waals surface area contributed by atoms with Crippen LogP contribution in [-0.2, 0) is 22.6 Å². The van der Waals surface area contributed by atoms with Gasteiger partial charge in [0.25, 0.3) is 0 Å². The van der Waals surface area contributed by atoms with Crippen LogP contribution in [0.4, 0.5) is 14.6 Å². The van der Waals surface area contributed by atoms with Crippen molar-refractivity contribution in [3.63, 3.8) is 0 Å². The molecule has 2 atom stereocenters. The molecule has 5 rings (SSSR count). The minimum atomic E-state index is -0.866. The van der Waals surface area contributed by atoms with Crippen molar-refractivity contribution in [3.8, 4) is 11.6 Å². The van der Waals surface area contributed by atoms with Crippen LogP contribution in [-0.4, -0.2) is 77.6 Å². The van der Waals surface area contributed by atoms with Gasteiger partial charge in [-0.2, -0.15) is 5.10 Å². The van der Waals surface area contributed by atoms with Gasteiger partial charge in [0.1, 0.15) is 18.0 Å². The highest BCUT2D eigenvalue weighted by atomic mass is 19.1. The normalized spacial score (nSPS) is 21.4. The highest BCUT2D eigenvalue weighted by Crippen LogP contribution is 2.36. The fourth-order valence-corrected chi connectivity index (χ4v) is 5.31. The molecule has 2 aliphatic rings. The maximum atomic E-state index is 13.8. The average molecular weight is 555 g/mol. The first kappa shape index (κ1) is 27.6. The van der Waals surface area contributed by atoms with Gasteiger partial charge in [-0.25, -0.2) is 28.4 Å². The molecule has 0 radical (unpaired) electrons. The summed E-state index contributed by atoms with van der Waals surface area (Å²) in [4.78, 5) is 43.2. The molecule has 212 valence electrons. The summed E-state index contributed by atoms with van der Waals surface area (Å²) in [6, 6.07) is 2.44. The average Bonchev–Trinajstić information content (AvgIpc) is 3.37. The van der Waals surface area contributed by atoms with E-state index in [2.05, 4.69) is 25.4 Å². The number of piperazine rings is 1. The van der Waals surface area contributed by atoms with E-state index in [0.29, 0.717) is 45.1 Å². The molecular weight excluding hydrogens is 522 g/mol. The van der Waals surface area contributed by atoms with Gasteiger partial charge < -0.3 is 15.0 Å². The molecule has 2 aliphatic heterocycles. The number of ether oxygens (including phenoxy) is 1. The molecule has 1 saturated heterocycles. The van der Waals surface area contributed by atoms with Gasteiger partial charge in [-0.15, -0.1) is 0 Å². The largest absolute Gasteiger partial charge is 0.434 e. The first-order chi connectivity index (χ1) is 18.9. The molecule has 40 heavy (non-hydrogen) atoms. The van der Waals surface area contributed by atoms with Crippen LogP contribution >= 0.6 is 0 Å². The second-order valence-corrected chi connectivity index (χ2v) is 11.2. The Morgan fingerprint density at radius 2 is 1.88 bits per heavy atom. The number of amides is 2. The molecule has 2 aromatic heterocycles. The quantitative estimate of drug-likeness (QED) is 0.494. The smallest absolute Gasteiger partial charge is 0.242 e. The van der Waals surface area contributed by atoms with Gasteiger partial charge in [-0.1, -0.05) is 0 Å². The molecule has 3 aromatic rings. The number of aryl methyl sites for hydroxylation is 1. The highest BCUT2D eigenvalue weighted by Gasteiger charge is 2.47. The van der Waals surface area contributed by atoms with Crippen LogP contribution in [0.2, 0.25) is 0 Å². The van der Waals surface area contributed by atoms with Crippen LogP contribution < -0.4 is 10.1 Å². The van der Waals surface area contributed by atoms with Gasteiger partial charge in [0.05, 0.1) is 35.9 Å². The Bertz CT molecular complexity index is 1410. The SMILES string of the molecule is CC(C(=O)Nc1cnc(Oc2ccc(F)cc2F)cn1)N1CCN(C(=O)C2(C)CCc3ncnn3C2)C(C)(C)C1. The second kappa shape index (κ2) is 10.5. The Labute approximate surface area is 230 Å². The Morgan fingerprint density at radius 1 is 1.07 bits per heavy atom. The van der Waals surface area contributed by atoms with Gasteiger partial charge >= 0.3 is 0 Å². The van der Waals surface area contributed by atoms with Gasteiger partial charge in [0, 0.05) is 32.1 Å². The lowest BCUT2D eigenvalue weighted by atomic mass is 9.80. The fraction of sp³-hybridized carbons (Fsp3) is 0.481. The molecule has 11 nitrogen and oxygen atoms in total. The Balaban J connectivity index is 1.18. The van der Waals surface area contributed by atoms with Crippen LogP contribution in [0, 0.1) is 17.0 Å². The van der Waals surface area contributed by atoms with E-state index in [0.717, 1.165) is 18.0 Å². The van der Waals surface area contributed by atoms with Crippen molar-refractivity contribution in [1.82, 2.24) is 34.5 Å². The summed E-state index contributed by atoms with van der Waals surface area (Å²) in [7, 11) is 0. The number of rotatable bonds is 6. The number of carbonyl (C=O) groups is 2. The lowest BCUT2D eigenvalue weighted by Gasteiger charge is -2.51. The van der Waals surface area contributed by atoms with Crippen LogP contribution in [0.25, 0.3) is 0 Å². The molecule has 1 fully saturated rings. The third kappa shape index (κ3) is 5.51. The summed E-state index contributed by atoms with van der Waals surface area (Å²) in [5.74, 6) is -0.862. The summed E-state index contributed by atoms with van der Waals surface area (Å²) in [6.07, 6.45) is 5.49. The number of benzene rings is 1. The van der Waals surface area contributed by atoms with Gasteiger partial charge in [0.2, 0.25) is 17.7 Å². The molecule has 2 unspecified atom stereocenters. The number of carbonyl (C=O) groups excluding carboxylic acids is 2. The third-order valence-corrected chi connectivity index (χ3v) is 7.70. The summed E-state index contributed by atoms with van der Waals surface area (Å²) in [5, 5.41) is 7.02. The number of nitrogens with zero attached hydrogens (tertiary/aromatic N) is 7. The Morgan fingerprint density at radius 3 is 2.58 bits per heavy atom. The number of halogens is 2. The van der Waals surface area contributed by atoms with E-state index in [1.807, 2.05) is 35.3 Å². The van der Waals surface area contributed by atoms with Crippen molar-refractivity contribution in [3.05, 3.63) is 54.4 Å². The number of aromatic nitrogens is 5. The van der Waals surface area contributed by atoms with Crippen LogP contribution in [0.3, 0.4) is 0 Å². The molecule has 4 heterocycles. The maximum Gasteiger partial charge on any atom is 0.242 e. The minimum absolute atomic E-state index is 0.00852. The predicted molar refractivity (Wildman–Crippen MR) is 140 cm³/mol. The Kier molecular flexibility index (Phi) is 7.25. The summed E-state index contributed by atoms with van der Waals surface area (Å²) in [5.41, 5.74) is -1.07. The number of nitrogens with one attached hydrogen (secondary N) is 1. The zero-order chi connectivity index (χ0) is 28.7. The van der Waals surface area contributed by atoms with Crippen LogP contribution in [0.15, 0.2) is 36.9 Å². The molecule has 0 spiro atoms. The number of hydrogen-bond donors (Lipinski definition) is 1. The van der Waals surface area contributed by atoms with Crippen molar-refractivity contribution in [2.24, 2.45) is 5.41 Å². The fourth-order valence-electron chi connectivity index (χ4n) is 5.31. The topological polar surface area (TPSA) is 118 Å². The molecule has 1 aromatic carbocycles. The second-order valence-electron chi connectivity index (χ2n) is 11.2. The maximum absolute atomic E-state index is 13.8. The van der Waals surface area contributed by atoms with E-state index in [1.54, 1.807) is 6.92 Å². The van der Waals surface area contributed by atoms with Crippen molar-refractivity contribution in [2.75, 3.05) is 25.0 Å². The molecule has 13 heteroatoms. The van der Waals surface area contributed by atoms with E-state index in [4.69, 9.17) is 4.74 Å². The van der Waals surface area contributed by atoms with E-state index in [1.165, 1.54) is 18.7 Å². The van der Waals surface area contributed by atoms with E-state index < -0.39 is 28.6 Å². The zero-order valence-corrected chi connectivity index (χ0v) is 22.9. The van der Waals surface area contributed by atoms with Gasteiger partial charge in [-0.05, 0) is 46.2 Å². The van der Waals surface area contributed by atoms with Crippen molar-refractivity contribution in [1.29, 1.82) is 0 Å². The van der Waals surface area contributed by atoms with Crippen molar-refractivity contribution < 1.29 is 23.1 Å². The van der Waals surface area contributed by atoms with E-state index in [9.17, 15) is 18.4 Å². The summed E-state index contributed by atoms with van der Waals surface area (Å²) < 4.78 is 34.0. The Hall–Kier alpha value is -4.00. The standard InChI is InChI=1S/C27H32F2N8O3/c1-17(24(38)34-21-12-31-23(13-30-21)40-20-6-5-18(28)11-19(20)29)35-9-10-36(26(2,3)14-35)25(39)27(4)8-7-22-32-16-33-37(22)15-27/h5-6,11-13,16-17H,7-10,14-15H2,1-4H3,(H,30,34,38). The summed E-state index contributed by atoms with van der Waals surface area (Å²) in [6.45, 7) is 9.88. The first-order valence-corrected chi connectivity index (χ1v) is 13.1. The third-order valence-electron chi connectivity index (χ3n) is 7.70. The van der Waals surface area contributed by atoms with E-state index in [-0.39, 0.29) is 29.3 Å². The minimum Gasteiger partial charge on any atom is -0.434 e. The van der Waals surface area contributed by atoms with E-state index >= 15 is 0 Å². The lowest BCUT2D eigenvalue weighted by Crippen LogP contribution is -2.66. The lowest BCUT2D eigenvalue weighted by molar-refractivity contribution is -0.154. The molecule has 0 saturated carbocycles. The van der Waals surface area contributed by atoms with Crippen LogP contribution in [0.1, 0.15) is 39.9 Å². The molecule has 1 N–H and O–H groups in total. The van der Waals surface area contributed by atoms with Crippen molar-refractivity contribution in [2.45, 2.75) is 58.7 Å². The number of fused-ring (bicyclic) bond motifs is 1. The molecular formula is C27H32F2N8O3. The van der Waals surface area contributed by atoms with Crippen molar-refractivity contribution >= 4 is 17.6 Å². The molecule has 0 bridgehead atoms. The first-order valence-electron chi connectivity index (χ1n) is 13.1. The summed E-state index contributed by atoms with van der Waals surface area (Å²) >= 11 is 0. The highest BCUT2D eigenvalue weighted by molar-refractivity contribution is 5.93. The molecule has 0 aliphatic carbocycles. The van der Waals surface area contributed by atoms with Gasteiger partial charge in [-0.3, -0.25) is 14.5 Å². The van der Waals surface area contributed by atoms with Crippen LogP contribution in [0.5, 0.6) is 11.6 Å². The predicted octanol–water partition coefficient (Wildman–Crippen LogP) is 3.04. The zero-order valence-electron chi connectivity index (χ0n) is 22.9.